The second-order valence-corrected chi connectivity index (χ2v) is 7.31. The zero-order valence-electron chi connectivity index (χ0n) is 17.1. The Bertz CT molecular complexity index is 1110. The Hall–Kier alpha value is -4.20. The van der Waals surface area contributed by atoms with Crippen molar-refractivity contribution < 1.29 is 24.2 Å². The normalized spacial score (nSPS) is 11.9. The molecule has 3 aromatic rings. The van der Waals surface area contributed by atoms with E-state index in [-0.39, 0.29) is 31.3 Å². The van der Waals surface area contributed by atoms with Crippen LogP contribution < -0.4 is 10.6 Å². The molecule has 8 nitrogen and oxygen atoms in total. The molecule has 2 amide bonds. The van der Waals surface area contributed by atoms with Crippen molar-refractivity contribution in [2.24, 2.45) is 0 Å². The number of pyridine rings is 1. The van der Waals surface area contributed by atoms with Crippen molar-refractivity contribution in [3.05, 3.63) is 89.2 Å². The van der Waals surface area contributed by atoms with E-state index in [0.29, 0.717) is 5.56 Å². The van der Waals surface area contributed by atoms with E-state index in [1.165, 1.54) is 12.3 Å². The van der Waals surface area contributed by atoms with E-state index in [0.717, 1.165) is 22.3 Å². The highest BCUT2D eigenvalue weighted by Gasteiger charge is 2.29. The zero-order valence-corrected chi connectivity index (χ0v) is 17.1. The molecular weight excluding hydrogens is 410 g/mol. The van der Waals surface area contributed by atoms with Gasteiger partial charge in [0, 0.05) is 18.7 Å². The minimum absolute atomic E-state index is 0.0525. The van der Waals surface area contributed by atoms with Gasteiger partial charge in [0.2, 0.25) is 5.91 Å². The Labute approximate surface area is 184 Å². The number of aromatic carboxylic acids is 1. The molecule has 1 aliphatic rings. The molecule has 1 aliphatic carbocycles. The molecule has 3 N–H and O–H groups in total. The van der Waals surface area contributed by atoms with Gasteiger partial charge in [-0.15, -0.1) is 0 Å². The summed E-state index contributed by atoms with van der Waals surface area (Å²) in [4.78, 5) is 38.7. The number of ether oxygens (including phenoxy) is 1. The average molecular weight is 431 g/mol. The van der Waals surface area contributed by atoms with E-state index >= 15 is 0 Å². The van der Waals surface area contributed by atoms with Crippen LogP contribution in [-0.4, -0.2) is 41.2 Å². The Morgan fingerprint density at radius 3 is 2.16 bits per heavy atom. The molecule has 0 unspecified atom stereocenters. The summed E-state index contributed by atoms with van der Waals surface area (Å²) in [5.74, 6) is -1.57. The molecule has 162 valence electrons. The lowest BCUT2D eigenvalue weighted by Crippen LogP contribution is -2.37. The van der Waals surface area contributed by atoms with Crippen molar-refractivity contribution in [2.45, 2.75) is 12.5 Å². The highest BCUT2D eigenvalue weighted by atomic mass is 16.5. The van der Waals surface area contributed by atoms with Gasteiger partial charge < -0.3 is 20.5 Å². The average Bonchev–Trinajstić information content (AvgIpc) is 3.14. The van der Waals surface area contributed by atoms with Gasteiger partial charge in [-0.3, -0.25) is 4.79 Å². The van der Waals surface area contributed by atoms with Gasteiger partial charge in [0.25, 0.3) is 0 Å². The lowest BCUT2D eigenvalue weighted by Gasteiger charge is -2.14. The van der Waals surface area contributed by atoms with Crippen molar-refractivity contribution in [2.75, 3.05) is 13.2 Å². The van der Waals surface area contributed by atoms with Crippen LogP contribution in [0.3, 0.4) is 0 Å². The van der Waals surface area contributed by atoms with Gasteiger partial charge >= 0.3 is 12.1 Å². The molecule has 0 saturated heterocycles. The molecule has 0 aliphatic heterocycles. The second kappa shape index (κ2) is 9.30. The first-order chi connectivity index (χ1) is 15.5. The fraction of sp³-hybridized carbons (Fsp3) is 0.167. The highest BCUT2D eigenvalue weighted by molar-refractivity contribution is 5.85. The monoisotopic (exact) mass is 431 g/mol. The molecule has 0 fully saturated rings. The number of carboxylic acids is 1. The van der Waals surface area contributed by atoms with Gasteiger partial charge in [0.05, 0.1) is 0 Å². The van der Waals surface area contributed by atoms with Gasteiger partial charge in [-0.05, 0) is 33.9 Å². The van der Waals surface area contributed by atoms with E-state index in [1.807, 2.05) is 36.4 Å². The first kappa shape index (κ1) is 21.0. The number of carbonyl (C=O) groups is 3. The van der Waals surface area contributed by atoms with Crippen molar-refractivity contribution in [3.8, 4) is 11.1 Å². The van der Waals surface area contributed by atoms with E-state index in [4.69, 9.17) is 9.84 Å². The number of fused-ring (bicyclic) bond motifs is 3. The minimum Gasteiger partial charge on any atom is -0.477 e. The van der Waals surface area contributed by atoms with E-state index in [9.17, 15) is 14.4 Å². The molecular formula is C24H21N3O5. The number of amides is 2. The molecule has 0 bridgehead atoms. The number of alkyl carbamates (subject to hydrolysis) is 1. The summed E-state index contributed by atoms with van der Waals surface area (Å²) >= 11 is 0. The van der Waals surface area contributed by atoms with Gasteiger partial charge in [0.1, 0.15) is 18.8 Å². The van der Waals surface area contributed by atoms with Crippen LogP contribution >= 0.6 is 0 Å². The van der Waals surface area contributed by atoms with Crippen LogP contribution in [0.15, 0.2) is 66.9 Å². The Balaban J connectivity index is 1.25. The molecule has 0 radical (unpaired) electrons. The molecule has 1 aromatic heterocycles. The summed E-state index contributed by atoms with van der Waals surface area (Å²) in [6.45, 7) is 0.0957. The summed E-state index contributed by atoms with van der Waals surface area (Å²) in [7, 11) is 0. The topological polar surface area (TPSA) is 118 Å². The molecule has 0 saturated carbocycles. The predicted molar refractivity (Wildman–Crippen MR) is 116 cm³/mol. The summed E-state index contributed by atoms with van der Waals surface area (Å²) in [6.07, 6.45) is 0.706. The first-order valence-electron chi connectivity index (χ1n) is 10.1. The third kappa shape index (κ3) is 4.59. The van der Waals surface area contributed by atoms with Crippen molar-refractivity contribution in [3.63, 3.8) is 0 Å². The van der Waals surface area contributed by atoms with E-state index < -0.39 is 18.0 Å². The Morgan fingerprint density at radius 2 is 1.56 bits per heavy atom. The van der Waals surface area contributed by atoms with Crippen LogP contribution in [0.1, 0.15) is 33.1 Å². The molecule has 2 aromatic carbocycles. The maximum Gasteiger partial charge on any atom is 0.407 e. The number of nitrogens with zero attached hydrogens (tertiary/aromatic N) is 1. The van der Waals surface area contributed by atoms with Gasteiger partial charge in [-0.1, -0.05) is 54.6 Å². The summed E-state index contributed by atoms with van der Waals surface area (Å²) < 4.78 is 5.39. The number of hydrogen-bond donors (Lipinski definition) is 3. The minimum atomic E-state index is -1.12. The Morgan fingerprint density at radius 1 is 0.906 bits per heavy atom. The lowest BCUT2D eigenvalue weighted by molar-refractivity contribution is -0.120. The second-order valence-electron chi connectivity index (χ2n) is 7.31. The zero-order chi connectivity index (χ0) is 22.5. The number of rotatable bonds is 7. The van der Waals surface area contributed by atoms with Crippen LogP contribution in [0.2, 0.25) is 0 Å². The van der Waals surface area contributed by atoms with E-state index in [2.05, 4.69) is 27.8 Å². The van der Waals surface area contributed by atoms with Crippen molar-refractivity contribution in [1.29, 1.82) is 0 Å². The number of hydrogen-bond acceptors (Lipinski definition) is 5. The van der Waals surface area contributed by atoms with Crippen molar-refractivity contribution >= 4 is 18.0 Å². The third-order valence-corrected chi connectivity index (χ3v) is 5.27. The summed E-state index contributed by atoms with van der Waals surface area (Å²) in [6, 6.07) is 19.0. The standard InChI is InChI=1S/C24H21N3O5/c28-22(26-12-15-9-10-21(23(29)30)25-11-15)13-27-24(31)32-14-20-18-7-3-1-5-16(18)17-6-2-4-8-19(17)20/h1-11,20H,12-14H2,(H,26,28)(H,27,31)(H,29,30). The SMILES string of the molecule is O=C(CNC(=O)OCC1c2ccccc2-c2ccccc21)NCc1ccc(C(=O)O)nc1. The smallest absolute Gasteiger partial charge is 0.407 e. The molecule has 8 heteroatoms. The number of aromatic nitrogens is 1. The largest absolute Gasteiger partial charge is 0.477 e. The molecule has 4 rings (SSSR count). The molecule has 32 heavy (non-hydrogen) atoms. The van der Waals surface area contributed by atoms with Crippen LogP contribution in [0, 0.1) is 0 Å². The number of carboxylic acid groups (broad SMARTS) is 1. The number of carbonyl (C=O) groups excluding carboxylic acids is 2. The van der Waals surface area contributed by atoms with Gasteiger partial charge in [0.15, 0.2) is 0 Å². The first-order valence-corrected chi connectivity index (χ1v) is 10.1. The Kier molecular flexibility index (Phi) is 6.12. The molecule has 0 atom stereocenters. The van der Waals surface area contributed by atoms with Gasteiger partial charge in [-0.25, -0.2) is 14.6 Å². The van der Waals surface area contributed by atoms with Crippen LogP contribution in [0.4, 0.5) is 4.79 Å². The number of benzene rings is 2. The summed E-state index contributed by atoms with van der Waals surface area (Å²) in [5, 5.41) is 13.9. The fourth-order valence-electron chi connectivity index (χ4n) is 3.72. The quantitative estimate of drug-likeness (QED) is 0.529. The van der Waals surface area contributed by atoms with E-state index in [1.54, 1.807) is 6.07 Å². The molecule has 1 heterocycles. The van der Waals surface area contributed by atoms with Gasteiger partial charge in [-0.2, -0.15) is 0 Å². The van der Waals surface area contributed by atoms with Crippen LogP contribution in [0.25, 0.3) is 11.1 Å². The highest BCUT2D eigenvalue weighted by Crippen LogP contribution is 2.44. The van der Waals surface area contributed by atoms with Crippen LogP contribution in [0.5, 0.6) is 0 Å². The maximum atomic E-state index is 12.1. The number of nitrogens with one attached hydrogen (secondary N) is 2. The lowest BCUT2D eigenvalue weighted by atomic mass is 9.98. The predicted octanol–water partition coefficient (Wildman–Crippen LogP) is 2.93. The van der Waals surface area contributed by atoms with Crippen molar-refractivity contribution in [1.82, 2.24) is 15.6 Å². The maximum absolute atomic E-state index is 12.1. The van der Waals surface area contributed by atoms with Crippen LogP contribution in [-0.2, 0) is 16.1 Å². The third-order valence-electron chi connectivity index (χ3n) is 5.27. The fourth-order valence-corrected chi connectivity index (χ4v) is 3.72. The molecule has 0 spiro atoms. The summed E-state index contributed by atoms with van der Waals surface area (Å²) in [5.41, 5.74) is 5.08.